The molecule has 0 aliphatic heterocycles. The second-order valence-corrected chi connectivity index (χ2v) is 31.9. The molecule has 0 bridgehead atoms. The molecule has 0 aliphatic carbocycles. The maximum atomic E-state index is 17.2. The van der Waals surface area contributed by atoms with Crippen molar-refractivity contribution < 1.29 is 9.90 Å². The molecule has 96 heavy (non-hydrogen) atoms. The molecular weight excluding hydrogens is 1170 g/mol. The van der Waals surface area contributed by atoms with Gasteiger partial charge in [-0.2, -0.15) is 0 Å². The number of hydrogen-bond donors (Lipinski definition) is 2. The van der Waals surface area contributed by atoms with Crippen molar-refractivity contribution in [3.63, 3.8) is 0 Å². The number of aliphatic carboxylic acids is 1. The first kappa shape index (κ1) is 94.7. The van der Waals surface area contributed by atoms with Gasteiger partial charge in [0.25, 0.3) is 0 Å². The number of carbonyl (C=O) groups is 1. The number of nitrogens with one attached hydrogen (secondary N) is 1. The Morgan fingerprint density at radius 1 is 0.281 bits per heavy atom. The average molecular weight is 1350 g/mol. The van der Waals surface area contributed by atoms with Gasteiger partial charge in [0.2, 0.25) is 0 Å². The Bertz CT molecular complexity index is 1570. The molecule has 0 radical (unpaired) electrons. The maximum absolute atomic E-state index is 17.2. The largest absolute Gasteiger partial charge is 0.480 e. The second kappa shape index (κ2) is 68.1. The van der Waals surface area contributed by atoms with E-state index in [1.54, 1.807) is 0 Å². The van der Waals surface area contributed by atoms with E-state index in [9.17, 15) is 5.11 Å². The predicted octanol–water partition coefficient (Wildman–Crippen LogP) is 30.4. The maximum Gasteiger partial charge on any atom is 0.324 e. The number of carboxylic acids is 1. The Morgan fingerprint density at radius 2 is 0.531 bits per heavy atom. The van der Waals surface area contributed by atoms with Crippen LogP contribution in [0.2, 0.25) is 0 Å². The lowest BCUT2D eigenvalue weighted by atomic mass is 9.39. The molecule has 0 saturated carbocycles. The van der Waals surface area contributed by atoms with Crippen molar-refractivity contribution in [1.29, 1.82) is 0 Å². The highest BCUT2D eigenvalue weighted by atomic mass is 16.4. The van der Waals surface area contributed by atoms with Gasteiger partial charge in [-0.1, -0.05) is 436 Å². The van der Waals surface area contributed by atoms with Crippen molar-refractivity contribution in [3.05, 3.63) is 0 Å². The van der Waals surface area contributed by atoms with E-state index in [0.717, 1.165) is 110 Å². The van der Waals surface area contributed by atoms with Crippen LogP contribution in [0, 0.1) is 10.8 Å². The zero-order chi connectivity index (χ0) is 70.6. The van der Waals surface area contributed by atoms with Gasteiger partial charge in [-0.25, -0.2) is 0 Å². The van der Waals surface area contributed by atoms with Crippen molar-refractivity contribution in [1.82, 2.24) is 15.1 Å². The lowest BCUT2D eigenvalue weighted by Gasteiger charge is -2.71. The molecule has 6 nitrogen and oxygen atoms in total. The summed E-state index contributed by atoms with van der Waals surface area (Å²) in [7, 11) is 0. The predicted molar refractivity (Wildman–Crippen MR) is 434 cm³/mol. The van der Waals surface area contributed by atoms with E-state index in [1.807, 2.05) is 0 Å². The standard InChI is InChI=1S/C90H182N4O2/c1-13-25-37-49-61-73-87(74-62-50-38-26-14-2,89(77-65-53-41-29-17-5,78-66-54-42-30-18-6)94(84-72-60-48-36-24-12)86(91-80-68-56-44-32-20-8)92-81-69-57-45-33-21-9)88(75-63-51-39-27-15-3,76-64-52-40-28-16-4)90(85(95)96,79-67-55-43-31-19-7)93(82-70-58-46-34-22-10)83-71-59-47-35-23-11/h13-84H2,1-12H3,(H,91,92)(H,95,96)/t90-/m1/s1. The number of nitrogens with zero attached hydrogens (tertiary/aromatic N) is 3. The molecule has 2 N–H and O–H groups in total. The third kappa shape index (κ3) is 39.4. The zero-order valence-electron chi connectivity index (χ0n) is 68.6. The molecule has 0 aromatic rings. The van der Waals surface area contributed by atoms with Crippen LogP contribution in [-0.4, -0.2) is 70.6 Å². The molecule has 574 valence electrons. The summed E-state index contributed by atoms with van der Waals surface area (Å²) in [5, 5.41) is 18.6. The van der Waals surface area contributed by atoms with Crippen molar-refractivity contribution in [2.75, 3.05) is 32.7 Å². The number of rotatable bonds is 78. The Balaban J connectivity index is 11.2. The summed E-state index contributed by atoms with van der Waals surface area (Å²) in [5.41, 5.74) is -2.10. The summed E-state index contributed by atoms with van der Waals surface area (Å²) in [6, 6.07) is 0. The summed E-state index contributed by atoms with van der Waals surface area (Å²) in [6.45, 7) is 33.5. The van der Waals surface area contributed by atoms with Gasteiger partial charge in [0.1, 0.15) is 5.54 Å². The van der Waals surface area contributed by atoms with E-state index in [4.69, 9.17) is 4.99 Å². The number of carboxylic acid groups (broad SMARTS) is 1. The van der Waals surface area contributed by atoms with Crippen LogP contribution in [0.4, 0.5) is 0 Å². The first-order valence-electron chi connectivity index (χ1n) is 45.2. The van der Waals surface area contributed by atoms with Crippen LogP contribution >= 0.6 is 0 Å². The molecule has 1 atom stereocenters. The van der Waals surface area contributed by atoms with E-state index in [-0.39, 0.29) is 11.0 Å². The van der Waals surface area contributed by atoms with E-state index in [1.165, 1.54) is 359 Å². The van der Waals surface area contributed by atoms with Gasteiger partial charge < -0.3 is 15.3 Å². The first-order valence-corrected chi connectivity index (χ1v) is 45.2. The van der Waals surface area contributed by atoms with Crippen LogP contribution in [0.25, 0.3) is 0 Å². The Hall–Kier alpha value is -1.30. The normalized spacial score (nSPS) is 13.2. The van der Waals surface area contributed by atoms with E-state index in [0.29, 0.717) is 0 Å². The van der Waals surface area contributed by atoms with Crippen molar-refractivity contribution >= 4 is 11.9 Å². The third-order valence-electron chi connectivity index (χ3n) is 23.8. The van der Waals surface area contributed by atoms with E-state index in [2.05, 4.69) is 98.2 Å². The summed E-state index contributed by atoms with van der Waals surface area (Å²) < 4.78 is 0. The van der Waals surface area contributed by atoms with Gasteiger partial charge in [-0.05, 0) is 90.1 Å². The van der Waals surface area contributed by atoms with Gasteiger partial charge in [-0.3, -0.25) is 14.7 Å². The minimum atomic E-state index is -1.01. The van der Waals surface area contributed by atoms with Crippen LogP contribution in [0.1, 0.15) is 513 Å². The highest BCUT2D eigenvalue weighted by molar-refractivity contribution is 5.82. The fourth-order valence-corrected chi connectivity index (χ4v) is 18.1. The molecule has 0 aromatic heterocycles. The molecule has 0 heterocycles. The van der Waals surface area contributed by atoms with Gasteiger partial charge in [0.05, 0.1) is 0 Å². The quantitative estimate of drug-likeness (QED) is 0.0361. The van der Waals surface area contributed by atoms with Crippen LogP contribution in [0.15, 0.2) is 4.99 Å². The fraction of sp³-hybridized carbons (Fsp3) is 0.978. The summed E-state index contributed by atoms with van der Waals surface area (Å²) in [4.78, 5) is 29.6. The molecule has 0 aliphatic rings. The summed E-state index contributed by atoms with van der Waals surface area (Å²) in [5.74, 6) is 0.851. The SMILES string of the molecule is CCCCCCCN=C(NCCCCCCC)N(CCCCCCC)C(CCCCCCC)(CCCCCCC)C(CCCCCCC)(CCCCCCC)C(CCCCCCC)(CCCCCCC)[C@@](CCCCCCC)(C(=O)O)N(CCCCCCC)CCCCCCC. The van der Waals surface area contributed by atoms with Crippen LogP contribution in [-0.2, 0) is 4.79 Å². The fourth-order valence-electron chi connectivity index (χ4n) is 18.1. The highest BCUT2D eigenvalue weighted by Gasteiger charge is 2.72. The highest BCUT2D eigenvalue weighted by Crippen LogP contribution is 2.69. The second-order valence-electron chi connectivity index (χ2n) is 31.9. The van der Waals surface area contributed by atoms with Gasteiger partial charge >= 0.3 is 5.97 Å². The Kier molecular flexibility index (Phi) is 67.2. The lowest BCUT2D eigenvalue weighted by Crippen LogP contribution is -2.77. The number of hydrogen-bond acceptors (Lipinski definition) is 3. The molecule has 0 fully saturated rings. The average Bonchev–Trinajstić information content (AvgIpc) is 0.682. The van der Waals surface area contributed by atoms with Crippen LogP contribution in [0.3, 0.4) is 0 Å². The van der Waals surface area contributed by atoms with Gasteiger partial charge in [0.15, 0.2) is 5.96 Å². The minimum Gasteiger partial charge on any atom is -0.480 e. The molecule has 0 aromatic carbocycles. The van der Waals surface area contributed by atoms with Crippen molar-refractivity contribution in [2.24, 2.45) is 15.8 Å². The number of aliphatic imine (C=N–C) groups is 1. The Labute approximate surface area is 606 Å². The minimum absolute atomic E-state index is 0.300. The Morgan fingerprint density at radius 3 is 0.844 bits per heavy atom. The van der Waals surface area contributed by atoms with Gasteiger partial charge in [0, 0.05) is 36.0 Å². The summed E-state index contributed by atoms with van der Waals surface area (Å²) >= 11 is 0. The topological polar surface area (TPSA) is 68.2 Å². The summed E-state index contributed by atoms with van der Waals surface area (Å²) in [6.07, 6.45) is 82.3. The number of guanidine groups is 1. The monoisotopic (exact) mass is 1350 g/mol. The van der Waals surface area contributed by atoms with Crippen LogP contribution in [0.5, 0.6) is 0 Å². The van der Waals surface area contributed by atoms with E-state index >= 15 is 4.79 Å². The molecular formula is C90H182N4O2. The lowest BCUT2D eigenvalue weighted by molar-refractivity contribution is -0.217. The smallest absolute Gasteiger partial charge is 0.324 e. The third-order valence-corrected chi connectivity index (χ3v) is 23.8. The van der Waals surface area contributed by atoms with Crippen LogP contribution < -0.4 is 5.32 Å². The molecule has 0 spiro atoms. The number of unbranched alkanes of at least 4 members (excludes halogenated alkanes) is 48. The van der Waals surface area contributed by atoms with Crippen molar-refractivity contribution in [2.45, 2.75) is 524 Å². The van der Waals surface area contributed by atoms with Crippen molar-refractivity contribution in [3.8, 4) is 0 Å². The van der Waals surface area contributed by atoms with Gasteiger partial charge in [-0.15, -0.1) is 0 Å². The molecule has 0 unspecified atom stereocenters. The first-order chi connectivity index (χ1) is 47.1. The molecule has 0 rings (SSSR count). The molecule has 0 amide bonds. The molecule has 0 saturated heterocycles. The van der Waals surface area contributed by atoms with E-state index < -0.39 is 16.9 Å². The zero-order valence-corrected chi connectivity index (χ0v) is 68.6. The molecule has 6 heteroatoms.